The fraction of sp³-hybridized carbons (Fsp3) is 0.400. The van der Waals surface area contributed by atoms with Crippen molar-refractivity contribution in [2.75, 3.05) is 12.8 Å². The lowest BCUT2D eigenvalue weighted by atomic mass is 10.0. The molecule has 1 aromatic heterocycles. The lowest BCUT2D eigenvalue weighted by molar-refractivity contribution is 0.547. The van der Waals surface area contributed by atoms with Crippen LogP contribution in [0.4, 0.5) is 0 Å². The monoisotopic (exact) mass is 273 g/mol. The summed E-state index contributed by atoms with van der Waals surface area (Å²) in [6.07, 6.45) is 4.13. The highest BCUT2D eigenvalue weighted by molar-refractivity contribution is 7.99. The van der Waals surface area contributed by atoms with E-state index in [1.54, 1.807) is 0 Å². The van der Waals surface area contributed by atoms with Gasteiger partial charge in [0.2, 0.25) is 0 Å². The third-order valence-electron chi connectivity index (χ3n) is 3.79. The summed E-state index contributed by atoms with van der Waals surface area (Å²) in [5.74, 6) is 1.75. The second-order valence-corrected chi connectivity index (χ2v) is 6.11. The van der Waals surface area contributed by atoms with E-state index in [0.717, 1.165) is 12.3 Å². The summed E-state index contributed by atoms with van der Waals surface area (Å²) in [5.41, 5.74) is 2.73. The highest BCUT2D eigenvalue weighted by atomic mass is 32.2. The van der Waals surface area contributed by atoms with Gasteiger partial charge in [-0.25, -0.2) is 0 Å². The minimum atomic E-state index is 0.360. The summed E-state index contributed by atoms with van der Waals surface area (Å²) in [6, 6.07) is 9.08. The van der Waals surface area contributed by atoms with Crippen molar-refractivity contribution in [3.8, 4) is 0 Å². The molecule has 0 bridgehead atoms. The van der Waals surface area contributed by atoms with Crippen molar-refractivity contribution in [2.24, 2.45) is 0 Å². The van der Waals surface area contributed by atoms with Crippen LogP contribution in [0.5, 0.6) is 0 Å². The number of nitrogens with zero attached hydrogens (tertiary/aromatic N) is 2. The number of hydrogen-bond acceptors (Lipinski definition) is 3. The van der Waals surface area contributed by atoms with E-state index in [0.29, 0.717) is 12.0 Å². The van der Waals surface area contributed by atoms with Gasteiger partial charge in [0.15, 0.2) is 0 Å². The van der Waals surface area contributed by atoms with Gasteiger partial charge in [-0.15, -0.1) is 11.8 Å². The molecule has 0 saturated heterocycles. The molecule has 4 heteroatoms. The van der Waals surface area contributed by atoms with Crippen LogP contribution in [0.2, 0.25) is 0 Å². The first-order valence-electron chi connectivity index (χ1n) is 6.69. The van der Waals surface area contributed by atoms with Gasteiger partial charge < -0.3 is 5.32 Å². The Balaban J connectivity index is 1.74. The highest BCUT2D eigenvalue weighted by Crippen LogP contribution is 2.39. The van der Waals surface area contributed by atoms with Gasteiger partial charge in [-0.2, -0.15) is 5.10 Å². The van der Waals surface area contributed by atoms with E-state index in [2.05, 4.69) is 52.5 Å². The fourth-order valence-corrected chi connectivity index (χ4v) is 3.72. The van der Waals surface area contributed by atoms with Crippen LogP contribution in [0, 0.1) is 0 Å². The van der Waals surface area contributed by atoms with Gasteiger partial charge in [0.1, 0.15) is 0 Å². The van der Waals surface area contributed by atoms with Crippen molar-refractivity contribution >= 4 is 11.8 Å². The van der Waals surface area contributed by atoms with Crippen LogP contribution in [0.25, 0.3) is 0 Å². The van der Waals surface area contributed by atoms with E-state index in [1.807, 2.05) is 25.0 Å². The third-order valence-corrected chi connectivity index (χ3v) is 5.04. The Bertz CT molecular complexity index is 564. The molecule has 1 aliphatic heterocycles. The molecule has 0 fully saturated rings. The van der Waals surface area contributed by atoms with Crippen LogP contribution in [-0.2, 0) is 6.54 Å². The van der Waals surface area contributed by atoms with Gasteiger partial charge in [0.05, 0.1) is 6.20 Å². The number of aromatic nitrogens is 2. The summed E-state index contributed by atoms with van der Waals surface area (Å²) in [6.45, 7) is 3.13. The predicted octanol–water partition coefficient (Wildman–Crippen LogP) is 3.05. The normalized spacial score (nSPS) is 19.4. The minimum absolute atomic E-state index is 0.360. The average molecular weight is 273 g/mol. The minimum Gasteiger partial charge on any atom is -0.313 e. The number of thioether (sulfide) groups is 1. The SMILES string of the molecule is CNC(C)c1cnn(CC2CSc3ccccc32)c1. The van der Waals surface area contributed by atoms with Crippen LogP contribution in [0.1, 0.15) is 30.0 Å². The molecular formula is C15H19N3S. The number of rotatable bonds is 4. The molecule has 1 aromatic carbocycles. The summed E-state index contributed by atoms with van der Waals surface area (Å²) >= 11 is 1.96. The van der Waals surface area contributed by atoms with Crippen LogP contribution < -0.4 is 5.32 Å². The molecule has 1 aliphatic rings. The zero-order valence-electron chi connectivity index (χ0n) is 11.3. The van der Waals surface area contributed by atoms with Gasteiger partial charge in [0, 0.05) is 40.9 Å². The molecule has 0 amide bonds. The summed E-state index contributed by atoms with van der Waals surface area (Å²) in [7, 11) is 1.98. The number of fused-ring (bicyclic) bond motifs is 1. The first-order chi connectivity index (χ1) is 9.28. The lowest BCUT2D eigenvalue weighted by Crippen LogP contribution is -2.12. The second kappa shape index (κ2) is 5.39. The molecule has 2 aromatic rings. The maximum absolute atomic E-state index is 4.49. The van der Waals surface area contributed by atoms with Gasteiger partial charge >= 0.3 is 0 Å². The molecule has 0 radical (unpaired) electrons. The van der Waals surface area contributed by atoms with Crippen molar-refractivity contribution in [1.82, 2.24) is 15.1 Å². The van der Waals surface area contributed by atoms with E-state index in [4.69, 9.17) is 0 Å². The molecule has 2 atom stereocenters. The molecule has 1 N–H and O–H groups in total. The summed E-state index contributed by atoms with van der Waals surface area (Å²) in [5, 5.41) is 7.74. The molecular weight excluding hydrogens is 254 g/mol. The second-order valence-electron chi connectivity index (χ2n) is 5.05. The Morgan fingerprint density at radius 3 is 3.16 bits per heavy atom. The van der Waals surface area contributed by atoms with Gasteiger partial charge in [0.25, 0.3) is 0 Å². The van der Waals surface area contributed by atoms with Crippen LogP contribution in [0.3, 0.4) is 0 Å². The third kappa shape index (κ3) is 2.55. The topological polar surface area (TPSA) is 29.9 Å². The van der Waals surface area contributed by atoms with Gasteiger partial charge in [-0.3, -0.25) is 4.68 Å². The van der Waals surface area contributed by atoms with Crippen molar-refractivity contribution in [2.45, 2.75) is 30.3 Å². The molecule has 100 valence electrons. The van der Waals surface area contributed by atoms with E-state index in [9.17, 15) is 0 Å². The van der Waals surface area contributed by atoms with E-state index >= 15 is 0 Å². The number of hydrogen-bond donors (Lipinski definition) is 1. The largest absolute Gasteiger partial charge is 0.313 e. The summed E-state index contributed by atoms with van der Waals surface area (Å²) in [4.78, 5) is 1.43. The fourth-order valence-electron chi connectivity index (χ4n) is 2.48. The zero-order valence-corrected chi connectivity index (χ0v) is 12.2. The van der Waals surface area contributed by atoms with Gasteiger partial charge in [-0.1, -0.05) is 18.2 Å². The number of benzene rings is 1. The first-order valence-corrected chi connectivity index (χ1v) is 7.68. The molecule has 2 unspecified atom stereocenters. The molecule has 3 rings (SSSR count). The standard InChI is InChI=1S/C15H19N3S/c1-11(16-2)12-7-17-18(8-12)9-13-10-19-15-6-4-3-5-14(13)15/h3-8,11,13,16H,9-10H2,1-2H3. The van der Waals surface area contributed by atoms with Crippen LogP contribution in [-0.4, -0.2) is 22.6 Å². The maximum atomic E-state index is 4.49. The smallest absolute Gasteiger partial charge is 0.0537 e. The van der Waals surface area contributed by atoms with E-state index < -0.39 is 0 Å². The van der Waals surface area contributed by atoms with Crippen LogP contribution >= 0.6 is 11.8 Å². The van der Waals surface area contributed by atoms with Crippen molar-refractivity contribution < 1.29 is 0 Å². The maximum Gasteiger partial charge on any atom is 0.0537 e. The van der Waals surface area contributed by atoms with Crippen molar-refractivity contribution in [3.63, 3.8) is 0 Å². The number of nitrogens with one attached hydrogen (secondary N) is 1. The molecule has 2 heterocycles. The first kappa shape index (κ1) is 12.8. The van der Waals surface area contributed by atoms with Crippen LogP contribution in [0.15, 0.2) is 41.6 Å². The van der Waals surface area contributed by atoms with E-state index in [-0.39, 0.29) is 0 Å². The zero-order chi connectivity index (χ0) is 13.2. The Hall–Kier alpha value is -1.26. The Labute approximate surface area is 118 Å². The van der Waals surface area contributed by atoms with Crippen molar-refractivity contribution in [1.29, 1.82) is 0 Å². The molecule has 3 nitrogen and oxygen atoms in total. The lowest BCUT2D eigenvalue weighted by Gasteiger charge is -2.11. The molecule has 0 aliphatic carbocycles. The average Bonchev–Trinajstić information content (AvgIpc) is 3.06. The Morgan fingerprint density at radius 2 is 2.32 bits per heavy atom. The van der Waals surface area contributed by atoms with E-state index in [1.165, 1.54) is 16.0 Å². The highest BCUT2D eigenvalue weighted by Gasteiger charge is 2.23. The molecule has 19 heavy (non-hydrogen) atoms. The van der Waals surface area contributed by atoms with Crippen molar-refractivity contribution in [3.05, 3.63) is 47.8 Å². The predicted molar refractivity (Wildman–Crippen MR) is 79.6 cm³/mol. The Kier molecular flexibility index (Phi) is 3.62. The molecule has 0 saturated carbocycles. The molecule has 0 spiro atoms. The Morgan fingerprint density at radius 1 is 1.47 bits per heavy atom. The quantitative estimate of drug-likeness (QED) is 0.928. The van der Waals surface area contributed by atoms with Gasteiger partial charge in [-0.05, 0) is 25.6 Å². The summed E-state index contributed by atoms with van der Waals surface area (Å²) < 4.78 is 2.08.